The summed E-state index contributed by atoms with van der Waals surface area (Å²) in [6.45, 7) is 8.28. The number of benzene rings is 1. The molecule has 1 fully saturated rings. The van der Waals surface area contributed by atoms with Gasteiger partial charge in [0.25, 0.3) is 10.2 Å². The average Bonchev–Trinajstić information content (AvgIpc) is 2.83. The molecule has 1 aliphatic rings. The van der Waals surface area contributed by atoms with Crippen LogP contribution in [0.4, 0.5) is 0 Å². The molecular weight excluding hydrogens is 524 g/mol. The van der Waals surface area contributed by atoms with Crippen molar-refractivity contribution in [2.24, 2.45) is 11.8 Å². The molecule has 1 aromatic rings. The fourth-order valence-corrected chi connectivity index (χ4v) is 5.88. The number of amides is 2. The smallest absolute Gasteiger partial charge is 0.326 e. The minimum atomic E-state index is -4.23. The van der Waals surface area contributed by atoms with Gasteiger partial charge in [-0.2, -0.15) is 17.4 Å². The van der Waals surface area contributed by atoms with E-state index in [1.54, 1.807) is 6.92 Å². The predicted octanol–water partition coefficient (Wildman–Crippen LogP) is 1.12. The maximum Gasteiger partial charge on any atom is 0.326 e. The van der Waals surface area contributed by atoms with E-state index >= 15 is 0 Å². The average molecular weight is 569 g/mol. The first kappa shape index (κ1) is 32.7. The van der Waals surface area contributed by atoms with Crippen molar-refractivity contribution in [2.45, 2.75) is 84.0 Å². The molecule has 0 saturated heterocycles. The van der Waals surface area contributed by atoms with Crippen molar-refractivity contribution in [1.82, 2.24) is 19.7 Å². The number of nitrogens with zero attached hydrogens (tertiary/aromatic N) is 1. The highest BCUT2D eigenvalue weighted by Gasteiger charge is 2.40. The number of aliphatic hydroxyl groups excluding tert-OH is 1. The van der Waals surface area contributed by atoms with Gasteiger partial charge >= 0.3 is 5.97 Å². The molecule has 0 spiro atoms. The van der Waals surface area contributed by atoms with Gasteiger partial charge in [-0.15, -0.1) is 0 Å². The standard InChI is InChI=1S/C27H44N4O7S/c1-6-38-26(35)27(4,5)30-39(36,37)31(15-14-19(2)3)17-24(33)23(16-20-10-8-7-9-11-20)29-25(34)21-12-13-22(21)28-18-32/h7-11,18-19,21-24,30,33H,6,12-17H2,1-5H3,(H,28,32)(H,29,34). The molecule has 4 N–H and O–H groups in total. The predicted molar refractivity (Wildman–Crippen MR) is 148 cm³/mol. The monoisotopic (exact) mass is 568 g/mol. The van der Waals surface area contributed by atoms with Gasteiger partial charge in [0.2, 0.25) is 12.3 Å². The van der Waals surface area contributed by atoms with Gasteiger partial charge in [-0.25, -0.2) is 0 Å². The van der Waals surface area contributed by atoms with Gasteiger partial charge in [0.15, 0.2) is 0 Å². The van der Waals surface area contributed by atoms with Crippen LogP contribution in [0, 0.1) is 11.8 Å². The number of carbonyl (C=O) groups excluding carboxylic acids is 3. The maximum absolute atomic E-state index is 13.5. The molecule has 4 atom stereocenters. The summed E-state index contributed by atoms with van der Waals surface area (Å²) in [4.78, 5) is 36.3. The molecule has 2 amide bonds. The molecule has 12 heteroatoms. The molecule has 0 aliphatic heterocycles. The molecule has 11 nitrogen and oxygen atoms in total. The fraction of sp³-hybridized carbons (Fsp3) is 0.667. The van der Waals surface area contributed by atoms with Gasteiger partial charge in [0.05, 0.1) is 24.7 Å². The van der Waals surface area contributed by atoms with E-state index in [0.29, 0.717) is 25.7 Å². The second-order valence-electron chi connectivity index (χ2n) is 10.9. The summed E-state index contributed by atoms with van der Waals surface area (Å²) in [5.74, 6) is -1.27. The third kappa shape index (κ3) is 9.86. The molecule has 1 aromatic carbocycles. The molecule has 2 rings (SSSR count). The van der Waals surface area contributed by atoms with Crippen LogP contribution in [-0.4, -0.2) is 79.5 Å². The quantitative estimate of drug-likeness (QED) is 0.162. The van der Waals surface area contributed by atoms with Crippen molar-refractivity contribution in [3.8, 4) is 0 Å². The Kier molecular flexibility index (Phi) is 12.3. The fourth-order valence-electron chi connectivity index (χ4n) is 4.33. The van der Waals surface area contributed by atoms with E-state index in [0.717, 1.165) is 9.87 Å². The van der Waals surface area contributed by atoms with Crippen molar-refractivity contribution in [1.29, 1.82) is 0 Å². The number of hydrogen-bond donors (Lipinski definition) is 4. The Labute approximate surface area is 232 Å². The normalized spacial score (nSPS) is 19.2. The van der Waals surface area contributed by atoms with E-state index in [1.807, 2.05) is 44.2 Å². The Balaban J connectivity index is 2.27. The molecule has 0 bridgehead atoms. The lowest BCUT2D eigenvalue weighted by atomic mass is 9.78. The molecule has 0 heterocycles. The molecule has 0 radical (unpaired) electrons. The summed E-state index contributed by atoms with van der Waals surface area (Å²) in [6, 6.07) is 8.20. The van der Waals surface area contributed by atoms with Crippen LogP contribution in [0.25, 0.3) is 0 Å². The lowest BCUT2D eigenvalue weighted by Crippen LogP contribution is -2.59. The Bertz CT molecular complexity index is 1050. The summed E-state index contributed by atoms with van der Waals surface area (Å²) >= 11 is 0. The van der Waals surface area contributed by atoms with Gasteiger partial charge in [-0.05, 0) is 57.9 Å². The molecule has 0 aromatic heterocycles. The van der Waals surface area contributed by atoms with E-state index in [9.17, 15) is 27.9 Å². The summed E-state index contributed by atoms with van der Waals surface area (Å²) < 4.78 is 35.5. The number of hydrogen-bond acceptors (Lipinski definition) is 7. The van der Waals surface area contributed by atoms with Crippen LogP contribution < -0.4 is 15.4 Å². The van der Waals surface area contributed by atoms with Crippen LogP contribution in [0.1, 0.15) is 59.4 Å². The molecule has 1 saturated carbocycles. The lowest BCUT2D eigenvalue weighted by molar-refractivity contribution is -0.149. The third-order valence-electron chi connectivity index (χ3n) is 6.84. The lowest BCUT2D eigenvalue weighted by Gasteiger charge is -2.37. The summed E-state index contributed by atoms with van der Waals surface area (Å²) in [6.07, 6.45) is 1.39. The van der Waals surface area contributed by atoms with E-state index in [-0.39, 0.29) is 44.0 Å². The highest BCUT2D eigenvalue weighted by Crippen LogP contribution is 2.27. The summed E-state index contributed by atoms with van der Waals surface area (Å²) in [5, 5.41) is 16.9. The van der Waals surface area contributed by atoms with Crippen LogP contribution in [0.3, 0.4) is 0 Å². The number of ether oxygens (including phenoxy) is 1. The Morgan fingerprint density at radius 3 is 2.41 bits per heavy atom. The largest absolute Gasteiger partial charge is 0.465 e. The van der Waals surface area contributed by atoms with Gasteiger partial charge < -0.3 is 20.5 Å². The van der Waals surface area contributed by atoms with E-state index in [4.69, 9.17) is 4.74 Å². The number of nitrogens with one attached hydrogen (secondary N) is 3. The number of aliphatic hydroxyl groups is 1. The molecule has 39 heavy (non-hydrogen) atoms. The van der Waals surface area contributed by atoms with Crippen LogP contribution >= 0.6 is 0 Å². The van der Waals surface area contributed by atoms with Crippen LogP contribution in [0.15, 0.2) is 30.3 Å². The molecule has 220 valence electrons. The minimum Gasteiger partial charge on any atom is -0.465 e. The van der Waals surface area contributed by atoms with Crippen molar-refractivity contribution >= 4 is 28.5 Å². The zero-order chi connectivity index (χ0) is 29.2. The Morgan fingerprint density at radius 2 is 1.87 bits per heavy atom. The van der Waals surface area contributed by atoms with Crippen LogP contribution in [0.2, 0.25) is 0 Å². The SMILES string of the molecule is CCOC(=O)C(C)(C)NS(=O)(=O)N(CCC(C)C)CC(O)C(Cc1ccccc1)NC(=O)C1CCC1NC=O. The van der Waals surface area contributed by atoms with E-state index < -0.39 is 39.8 Å². The Hall–Kier alpha value is -2.54. The second kappa shape index (κ2) is 14.7. The van der Waals surface area contributed by atoms with Crippen LogP contribution in [-0.2, 0) is 35.8 Å². The summed E-state index contributed by atoms with van der Waals surface area (Å²) in [7, 11) is -4.23. The Morgan fingerprint density at radius 1 is 1.21 bits per heavy atom. The first-order valence-electron chi connectivity index (χ1n) is 13.5. The van der Waals surface area contributed by atoms with Gasteiger partial charge in [0.1, 0.15) is 5.54 Å². The first-order valence-corrected chi connectivity index (χ1v) is 14.9. The topological polar surface area (TPSA) is 154 Å². The van der Waals surface area contributed by atoms with Crippen molar-refractivity contribution in [2.75, 3.05) is 19.7 Å². The van der Waals surface area contributed by atoms with Gasteiger partial charge in [0, 0.05) is 19.1 Å². The van der Waals surface area contributed by atoms with Crippen molar-refractivity contribution in [3.63, 3.8) is 0 Å². The van der Waals surface area contributed by atoms with Crippen LogP contribution in [0.5, 0.6) is 0 Å². The number of carbonyl (C=O) groups is 3. The molecular formula is C27H44N4O7S. The van der Waals surface area contributed by atoms with E-state index in [1.165, 1.54) is 13.8 Å². The summed E-state index contributed by atoms with van der Waals surface area (Å²) in [5.41, 5.74) is -0.672. The van der Waals surface area contributed by atoms with Crippen molar-refractivity contribution < 1.29 is 32.6 Å². The number of rotatable bonds is 17. The highest BCUT2D eigenvalue weighted by atomic mass is 32.2. The third-order valence-corrected chi connectivity index (χ3v) is 8.62. The van der Waals surface area contributed by atoms with E-state index in [2.05, 4.69) is 15.4 Å². The minimum absolute atomic E-state index is 0.100. The molecule has 4 unspecified atom stereocenters. The van der Waals surface area contributed by atoms with Gasteiger partial charge in [-0.1, -0.05) is 44.2 Å². The second-order valence-corrected chi connectivity index (χ2v) is 12.6. The zero-order valence-corrected chi connectivity index (χ0v) is 24.4. The van der Waals surface area contributed by atoms with Gasteiger partial charge in [-0.3, -0.25) is 14.4 Å². The highest BCUT2D eigenvalue weighted by molar-refractivity contribution is 7.87. The van der Waals surface area contributed by atoms with Crippen molar-refractivity contribution in [3.05, 3.63) is 35.9 Å². The maximum atomic E-state index is 13.5. The molecule has 1 aliphatic carbocycles. The first-order chi connectivity index (χ1) is 18.3. The number of esters is 1. The zero-order valence-electron chi connectivity index (χ0n) is 23.6.